The molecule has 0 radical (unpaired) electrons. The van der Waals surface area contributed by atoms with Crippen LogP contribution in [0, 0.1) is 12.3 Å². The monoisotopic (exact) mass is 338 g/mol. The number of nitrogen functional groups attached to an aromatic ring is 1. The number of nitrogens with zero attached hydrogens (tertiary/aromatic N) is 1. The number of halogens is 2. The second kappa shape index (κ2) is 5.62. The number of ether oxygens (including phenoxy) is 1. The normalized spacial score (nSPS) is 28.7. The van der Waals surface area contributed by atoms with E-state index in [-0.39, 0.29) is 18.4 Å². The van der Waals surface area contributed by atoms with Crippen molar-refractivity contribution in [2.24, 2.45) is 5.41 Å². The summed E-state index contributed by atoms with van der Waals surface area (Å²) in [7, 11) is 0. The molecule has 24 heavy (non-hydrogen) atoms. The fraction of sp³-hybridized carbons (Fsp3) is 0.556. The zero-order valence-electron chi connectivity index (χ0n) is 14.2. The summed E-state index contributed by atoms with van der Waals surface area (Å²) in [5, 5.41) is 10.2. The van der Waals surface area contributed by atoms with E-state index in [0.717, 1.165) is 5.69 Å². The Balaban J connectivity index is 1.94. The van der Waals surface area contributed by atoms with E-state index in [1.807, 2.05) is 31.4 Å². The molecular formula is C18H24F2N2O2. The van der Waals surface area contributed by atoms with Gasteiger partial charge in [0.1, 0.15) is 17.2 Å². The number of hydrogen-bond donors (Lipinski definition) is 2. The second-order valence-corrected chi connectivity index (χ2v) is 7.21. The summed E-state index contributed by atoms with van der Waals surface area (Å²) >= 11 is 0. The van der Waals surface area contributed by atoms with Crippen LogP contribution >= 0.6 is 0 Å². The minimum Gasteiger partial charge on any atom is -0.508 e. The third-order valence-corrected chi connectivity index (χ3v) is 5.37. The zero-order valence-corrected chi connectivity index (χ0v) is 14.2. The third kappa shape index (κ3) is 2.62. The van der Waals surface area contributed by atoms with Gasteiger partial charge in [0.05, 0.1) is 18.1 Å². The third-order valence-electron chi connectivity index (χ3n) is 5.37. The van der Waals surface area contributed by atoms with E-state index >= 15 is 0 Å². The highest BCUT2D eigenvalue weighted by Crippen LogP contribution is 2.52. The molecular weight excluding hydrogens is 314 g/mol. The Morgan fingerprint density at radius 1 is 1.38 bits per heavy atom. The van der Waals surface area contributed by atoms with Gasteiger partial charge in [-0.3, -0.25) is 0 Å². The van der Waals surface area contributed by atoms with Gasteiger partial charge in [-0.25, -0.2) is 8.78 Å². The highest BCUT2D eigenvalue weighted by atomic mass is 19.3. The van der Waals surface area contributed by atoms with Crippen molar-refractivity contribution in [2.75, 3.05) is 12.3 Å². The molecule has 0 saturated heterocycles. The van der Waals surface area contributed by atoms with Gasteiger partial charge in [0.2, 0.25) is 6.43 Å². The largest absolute Gasteiger partial charge is 0.508 e. The lowest BCUT2D eigenvalue weighted by Crippen LogP contribution is -2.43. The van der Waals surface area contributed by atoms with Gasteiger partial charge in [-0.1, -0.05) is 0 Å². The summed E-state index contributed by atoms with van der Waals surface area (Å²) in [5.41, 5.74) is 5.84. The van der Waals surface area contributed by atoms with Crippen molar-refractivity contribution < 1.29 is 18.6 Å². The van der Waals surface area contributed by atoms with Crippen molar-refractivity contribution in [3.63, 3.8) is 0 Å². The molecule has 2 atom stereocenters. The van der Waals surface area contributed by atoms with E-state index < -0.39 is 17.4 Å². The van der Waals surface area contributed by atoms with Crippen LogP contribution in [0.1, 0.15) is 38.4 Å². The molecule has 3 rings (SSSR count). The molecule has 132 valence electrons. The van der Waals surface area contributed by atoms with E-state index in [0.29, 0.717) is 24.2 Å². The number of aryl methyl sites for hydroxylation is 1. The first-order valence-electron chi connectivity index (χ1n) is 8.14. The highest BCUT2D eigenvalue weighted by molar-refractivity contribution is 5.42. The molecule has 0 bridgehead atoms. The fourth-order valence-electron chi connectivity index (χ4n) is 3.42. The van der Waals surface area contributed by atoms with E-state index in [9.17, 15) is 13.9 Å². The number of aliphatic hydroxyl groups is 1. The van der Waals surface area contributed by atoms with Crippen LogP contribution in [0.2, 0.25) is 0 Å². The number of aliphatic hydroxyl groups excluding tert-OH is 1. The van der Waals surface area contributed by atoms with Crippen molar-refractivity contribution in [1.82, 2.24) is 4.57 Å². The number of nitrogens with two attached hydrogens (primary N) is 1. The molecule has 1 saturated carbocycles. The number of anilines is 1. The number of alkyl halides is 2. The maximum atomic E-state index is 13.2. The van der Waals surface area contributed by atoms with E-state index in [4.69, 9.17) is 10.5 Å². The maximum Gasteiger partial charge on any atom is 0.246 e. The topological polar surface area (TPSA) is 60.4 Å². The molecule has 4 nitrogen and oxygen atoms in total. The Morgan fingerprint density at radius 2 is 2.04 bits per heavy atom. The summed E-state index contributed by atoms with van der Waals surface area (Å²) in [6.45, 7) is 5.58. The molecule has 2 unspecified atom stereocenters. The van der Waals surface area contributed by atoms with Crippen LogP contribution in [0.4, 0.5) is 14.6 Å². The Hall–Kier alpha value is -1.82. The lowest BCUT2D eigenvalue weighted by Gasteiger charge is -2.41. The maximum absolute atomic E-state index is 13.2. The minimum atomic E-state index is -2.38. The summed E-state index contributed by atoms with van der Waals surface area (Å²) in [5.74, 6) is 0.702. The van der Waals surface area contributed by atoms with Crippen LogP contribution in [-0.4, -0.2) is 28.3 Å². The Labute approximate surface area is 140 Å². The standard InChI is InChI=1S/C18H24F2N2O2/c1-11-4-5-14(21)22(11)15-12(2)13(23)6-7-17(15,3)24-10-18(8-9-18)16(19)20/h4-7,15-16,23H,8-10,21H2,1-3H3. The lowest BCUT2D eigenvalue weighted by molar-refractivity contribution is -0.0786. The Kier molecular flexibility index (Phi) is 3.98. The summed E-state index contributed by atoms with van der Waals surface area (Å²) in [4.78, 5) is 0. The summed E-state index contributed by atoms with van der Waals surface area (Å²) in [6.07, 6.45) is 1.90. The fourth-order valence-corrected chi connectivity index (χ4v) is 3.42. The van der Waals surface area contributed by atoms with Crippen LogP contribution in [0.3, 0.4) is 0 Å². The SMILES string of the molecule is CC1=C(O)C=CC(C)(OCC2(C(F)F)CC2)C1n1c(C)ccc1N. The van der Waals surface area contributed by atoms with E-state index in [2.05, 4.69) is 0 Å². The predicted molar refractivity (Wildman–Crippen MR) is 89.1 cm³/mol. The molecule has 0 spiro atoms. The molecule has 6 heteroatoms. The summed E-state index contributed by atoms with van der Waals surface area (Å²) in [6, 6.07) is 3.30. The highest BCUT2D eigenvalue weighted by Gasteiger charge is 2.53. The van der Waals surface area contributed by atoms with E-state index in [1.54, 1.807) is 18.2 Å². The first-order valence-corrected chi connectivity index (χ1v) is 8.14. The molecule has 1 heterocycles. The molecule has 1 aromatic rings. The first kappa shape index (κ1) is 17.0. The van der Waals surface area contributed by atoms with Gasteiger partial charge >= 0.3 is 0 Å². The van der Waals surface area contributed by atoms with Crippen LogP contribution in [-0.2, 0) is 4.74 Å². The average Bonchev–Trinajstić information content (AvgIpc) is 3.26. The second-order valence-electron chi connectivity index (χ2n) is 7.21. The zero-order chi connectivity index (χ0) is 17.7. The van der Waals surface area contributed by atoms with Gasteiger partial charge in [-0.05, 0) is 63.5 Å². The van der Waals surface area contributed by atoms with Gasteiger partial charge in [0.15, 0.2) is 0 Å². The van der Waals surface area contributed by atoms with Crippen LogP contribution in [0.15, 0.2) is 35.6 Å². The first-order chi connectivity index (χ1) is 11.2. The molecule has 0 aromatic carbocycles. The van der Waals surface area contributed by atoms with Crippen molar-refractivity contribution in [3.8, 4) is 0 Å². The quantitative estimate of drug-likeness (QED) is 0.848. The molecule has 3 N–H and O–H groups in total. The van der Waals surface area contributed by atoms with Gasteiger partial charge in [-0.2, -0.15) is 0 Å². The van der Waals surface area contributed by atoms with Crippen molar-refractivity contribution in [3.05, 3.63) is 41.3 Å². The predicted octanol–water partition coefficient (Wildman–Crippen LogP) is 4.14. The Bertz CT molecular complexity index is 684. The number of rotatable bonds is 5. The van der Waals surface area contributed by atoms with Gasteiger partial charge < -0.3 is 20.1 Å². The minimum absolute atomic E-state index is 0.00370. The molecule has 2 aliphatic rings. The molecule has 1 aromatic heterocycles. The van der Waals surface area contributed by atoms with Gasteiger partial charge in [-0.15, -0.1) is 0 Å². The Morgan fingerprint density at radius 3 is 2.54 bits per heavy atom. The van der Waals surface area contributed by atoms with Gasteiger partial charge in [0, 0.05) is 5.69 Å². The van der Waals surface area contributed by atoms with Crippen molar-refractivity contribution in [1.29, 1.82) is 0 Å². The van der Waals surface area contributed by atoms with Gasteiger partial charge in [0.25, 0.3) is 0 Å². The van der Waals surface area contributed by atoms with Crippen LogP contribution in [0.25, 0.3) is 0 Å². The summed E-state index contributed by atoms with van der Waals surface area (Å²) < 4.78 is 34.4. The van der Waals surface area contributed by atoms with E-state index in [1.165, 1.54) is 0 Å². The molecule has 1 fully saturated rings. The average molecular weight is 338 g/mol. The molecule has 0 aliphatic heterocycles. The van der Waals surface area contributed by atoms with Crippen LogP contribution in [0.5, 0.6) is 0 Å². The molecule has 0 amide bonds. The number of allylic oxidation sites excluding steroid dienone is 1. The smallest absolute Gasteiger partial charge is 0.246 e. The lowest BCUT2D eigenvalue weighted by atomic mass is 9.84. The number of hydrogen-bond acceptors (Lipinski definition) is 3. The van der Waals surface area contributed by atoms with Crippen molar-refractivity contribution in [2.45, 2.75) is 51.7 Å². The number of aromatic nitrogens is 1. The molecule has 2 aliphatic carbocycles. The van der Waals surface area contributed by atoms with Crippen LogP contribution < -0.4 is 5.73 Å². The van der Waals surface area contributed by atoms with Crippen molar-refractivity contribution >= 4 is 5.82 Å².